The highest BCUT2D eigenvalue weighted by atomic mass is 19.4. The summed E-state index contributed by atoms with van der Waals surface area (Å²) in [6.07, 6.45) is -3.54. The number of hydrogen-bond acceptors (Lipinski definition) is 2. The first-order valence-electron chi connectivity index (χ1n) is 4.50. The van der Waals surface area contributed by atoms with E-state index in [2.05, 4.69) is 4.74 Å². The Morgan fingerprint density at radius 3 is 2.53 bits per heavy atom. The molecule has 84 valence electrons. The van der Waals surface area contributed by atoms with Gasteiger partial charge < -0.3 is 9.84 Å². The van der Waals surface area contributed by atoms with Crippen LogP contribution in [-0.4, -0.2) is 11.5 Å². The molecule has 1 rings (SSSR count). The summed E-state index contributed by atoms with van der Waals surface area (Å²) in [6, 6.07) is 3.74. The molecule has 0 aromatic heterocycles. The van der Waals surface area contributed by atoms with Gasteiger partial charge in [0.1, 0.15) is 11.5 Å². The van der Waals surface area contributed by atoms with E-state index in [-0.39, 0.29) is 11.5 Å². The van der Waals surface area contributed by atoms with Gasteiger partial charge in [-0.25, -0.2) is 0 Å². The summed E-state index contributed by atoms with van der Waals surface area (Å²) >= 11 is 0. The molecule has 0 amide bonds. The molecule has 5 heteroatoms. The molecule has 0 aliphatic carbocycles. The number of phenolic OH excluding ortho intramolecular Hbond substituents is 1. The number of rotatable bonds is 3. The number of alkyl halides is 3. The summed E-state index contributed by atoms with van der Waals surface area (Å²) in [4.78, 5) is 0. The van der Waals surface area contributed by atoms with Crippen LogP contribution in [0.25, 0.3) is 0 Å². The van der Waals surface area contributed by atoms with Crippen molar-refractivity contribution in [2.45, 2.75) is 26.1 Å². The first-order valence-corrected chi connectivity index (χ1v) is 4.50. The summed E-state index contributed by atoms with van der Waals surface area (Å²) in [5.41, 5.74) is 0.438. The third-order valence-corrected chi connectivity index (χ3v) is 1.80. The molecule has 1 N–H and O–H groups in total. The van der Waals surface area contributed by atoms with Crippen LogP contribution in [0.3, 0.4) is 0 Å². The highest BCUT2D eigenvalue weighted by molar-refractivity contribution is 5.40. The van der Waals surface area contributed by atoms with E-state index in [0.29, 0.717) is 18.4 Å². The zero-order valence-electron chi connectivity index (χ0n) is 8.14. The van der Waals surface area contributed by atoms with Gasteiger partial charge in [0.2, 0.25) is 0 Å². The first kappa shape index (κ1) is 11.7. The number of hydrogen-bond donors (Lipinski definition) is 1. The van der Waals surface area contributed by atoms with E-state index >= 15 is 0 Å². The van der Waals surface area contributed by atoms with Crippen LogP contribution in [0.5, 0.6) is 11.5 Å². The molecule has 1 aromatic carbocycles. The van der Waals surface area contributed by atoms with Gasteiger partial charge in [-0.1, -0.05) is 19.4 Å². The monoisotopic (exact) mass is 220 g/mol. The zero-order chi connectivity index (χ0) is 11.5. The molecular weight excluding hydrogens is 209 g/mol. The Labute approximate surface area is 85.3 Å². The molecular formula is C10H11F3O2. The van der Waals surface area contributed by atoms with Crippen molar-refractivity contribution >= 4 is 0 Å². The fourth-order valence-corrected chi connectivity index (χ4v) is 1.24. The normalized spacial score (nSPS) is 11.5. The number of ether oxygens (including phenoxy) is 1. The van der Waals surface area contributed by atoms with Crippen molar-refractivity contribution in [2.75, 3.05) is 0 Å². The molecule has 0 saturated heterocycles. The van der Waals surface area contributed by atoms with Crippen LogP contribution in [0, 0.1) is 0 Å². The van der Waals surface area contributed by atoms with Crippen molar-refractivity contribution in [3.63, 3.8) is 0 Å². The van der Waals surface area contributed by atoms with E-state index in [1.54, 1.807) is 0 Å². The third-order valence-electron chi connectivity index (χ3n) is 1.80. The van der Waals surface area contributed by atoms with Gasteiger partial charge >= 0.3 is 6.36 Å². The highest BCUT2D eigenvalue weighted by Crippen LogP contribution is 2.30. The van der Waals surface area contributed by atoms with Crippen molar-refractivity contribution in [1.82, 2.24) is 0 Å². The van der Waals surface area contributed by atoms with Crippen LogP contribution < -0.4 is 4.74 Å². The van der Waals surface area contributed by atoms with Crippen LogP contribution in [0.15, 0.2) is 18.2 Å². The number of aryl methyl sites for hydroxylation is 1. The molecule has 0 atom stereocenters. The topological polar surface area (TPSA) is 29.5 Å². The average Bonchev–Trinajstić information content (AvgIpc) is 2.07. The Morgan fingerprint density at radius 2 is 2.00 bits per heavy atom. The predicted molar refractivity (Wildman–Crippen MR) is 48.8 cm³/mol. The number of phenols is 1. The van der Waals surface area contributed by atoms with Crippen LogP contribution >= 0.6 is 0 Å². The number of halogens is 3. The van der Waals surface area contributed by atoms with Gasteiger partial charge in [-0.05, 0) is 18.1 Å². The van der Waals surface area contributed by atoms with E-state index in [9.17, 15) is 13.2 Å². The lowest BCUT2D eigenvalue weighted by Gasteiger charge is -2.12. The van der Waals surface area contributed by atoms with Gasteiger partial charge in [-0.2, -0.15) is 0 Å². The smallest absolute Gasteiger partial charge is 0.508 e. The first-order chi connectivity index (χ1) is 6.92. The van der Waals surface area contributed by atoms with E-state index in [1.807, 2.05) is 6.92 Å². The fraction of sp³-hybridized carbons (Fsp3) is 0.400. The molecule has 0 fully saturated rings. The second kappa shape index (κ2) is 4.42. The van der Waals surface area contributed by atoms with Gasteiger partial charge in [0.15, 0.2) is 0 Å². The summed E-state index contributed by atoms with van der Waals surface area (Å²) < 4.78 is 39.8. The Bertz CT molecular complexity index is 334. The maximum Gasteiger partial charge on any atom is 0.573 e. The molecule has 0 saturated carbocycles. The SMILES string of the molecule is CCCc1ccc(O)cc1OC(F)(F)F. The molecule has 1 aromatic rings. The molecule has 0 radical (unpaired) electrons. The highest BCUT2D eigenvalue weighted by Gasteiger charge is 2.32. The minimum atomic E-state index is -4.73. The molecule has 2 nitrogen and oxygen atoms in total. The summed E-state index contributed by atoms with van der Waals surface area (Å²) in [7, 11) is 0. The maximum atomic E-state index is 12.0. The van der Waals surface area contributed by atoms with Crippen molar-refractivity contribution in [1.29, 1.82) is 0 Å². The van der Waals surface area contributed by atoms with Crippen molar-refractivity contribution in [3.8, 4) is 11.5 Å². The quantitative estimate of drug-likeness (QED) is 0.847. The lowest BCUT2D eigenvalue weighted by molar-refractivity contribution is -0.274. The number of benzene rings is 1. The number of aromatic hydroxyl groups is 1. The summed E-state index contributed by atoms with van der Waals surface area (Å²) in [5, 5.41) is 9.06. The largest absolute Gasteiger partial charge is 0.573 e. The molecule has 0 aliphatic rings. The lowest BCUT2D eigenvalue weighted by atomic mass is 10.1. The molecule has 0 bridgehead atoms. The lowest BCUT2D eigenvalue weighted by Crippen LogP contribution is -2.18. The van der Waals surface area contributed by atoms with Gasteiger partial charge in [-0.3, -0.25) is 0 Å². The van der Waals surface area contributed by atoms with Crippen molar-refractivity contribution < 1.29 is 23.0 Å². The Kier molecular flexibility index (Phi) is 3.44. The summed E-state index contributed by atoms with van der Waals surface area (Å²) in [6.45, 7) is 1.85. The van der Waals surface area contributed by atoms with Gasteiger partial charge in [-0.15, -0.1) is 13.2 Å². The molecule has 0 spiro atoms. The van der Waals surface area contributed by atoms with Crippen molar-refractivity contribution in [3.05, 3.63) is 23.8 Å². The Hall–Kier alpha value is -1.39. The zero-order valence-corrected chi connectivity index (χ0v) is 8.14. The van der Waals surface area contributed by atoms with Crippen LogP contribution in [0.2, 0.25) is 0 Å². The third kappa shape index (κ3) is 3.69. The summed E-state index contributed by atoms with van der Waals surface area (Å²) in [5.74, 6) is -0.571. The van der Waals surface area contributed by atoms with E-state index in [1.165, 1.54) is 12.1 Å². The van der Waals surface area contributed by atoms with Gasteiger partial charge in [0.25, 0.3) is 0 Å². The molecule has 0 aliphatic heterocycles. The van der Waals surface area contributed by atoms with Crippen molar-refractivity contribution in [2.24, 2.45) is 0 Å². The average molecular weight is 220 g/mol. The van der Waals surface area contributed by atoms with Crippen LogP contribution in [0.1, 0.15) is 18.9 Å². The van der Waals surface area contributed by atoms with Crippen LogP contribution in [-0.2, 0) is 6.42 Å². The predicted octanol–water partition coefficient (Wildman–Crippen LogP) is 3.24. The minimum absolute atomic E-state index is 0.242. The Morgan fingerprint density at radius 1 is 1.33 bits per heavy atom. The molecule has 15 heavy (non-hydrogen) atoms. The van der Waals surface area contributed by atoms with Gasteiger partial charge in [0.05, 0.1) is 0 Å². The molecule has 0 unspecified atom stereocenters. The second-order valence-corrected chi connectivity index (χ2v) is 3.09. The second-order valence-electron chi connectivity index (χ2n) is 3.09. The molecule has 0 heterocycles. The van der Waals surface area contributed by atoms with Gasteiger partial charge in [0, 0.05) is 6.07 Å². The Balaban J connectivity index is 2.96. The van der Waals surface area contributed by atoms with E-state index < -0.39 is 6.36 Å². The van der Waals surface area contributed by atoms with E-state index in [0.717, 1.165) is 6.07 Å². The maximum absolute atomic E-state index is 12.0. The van der Waals surface area contributed by atoms with Crippen LogP contribution in [0.4, 0.5) is 13.2 Å². The minimum Gasteiger partial charge on any atom is -0.508 e. The standard InChI is InChI=1S/C10H11F3O2/c1-2-3-7-4-5-8(14)6-9(7)15-10(11,12)13/h4-6,14H,2-3H2,1H3. The van der Waals surface area contributed by atoms with E-state index in [4.69, 9.17) is 5.11 Å². The fourth-order valence-electron chi connectivity index (χ4n) is 1.24.